The fourth-order valence-electron chi connectivity index (χ4n) is 2.14. The molecule has 1 fully saturated rings. The Balaban J connectivity index is 1.96. The molecule has 0 radical (unpaired) electrons. The Labute approximate surface area is 102 Å². The molecular weight excluding hydrogens is 212 g/mol. The Hall–Kier alpha value is -1.35. The largest absolute Gasteiger partial charge is 0.352 e. The lowest BCUT2D eigenvalue weighted by Crippen LogP contribution is -2.32. The summed E-state index contributed by atoms with van der Waals surface area (Å²) in [5.74, 6) is 0.738. The highest BCUT2D eigenvalue weighted by molar-refractivity contribution is 5.95. The SMILES string of the molecule is NCCc1ccccc1C(=O)NCC1CCC1. The summed E-state index contributed by atoms with van der Waals surface area (Å²) in [5.41, 5.74) is 7.37. The minimum absolute atomic E-state index is 0.0425. The van der Waals surface area contributed by atoms with E-state index >= 15 is 0 Å². The van der Waals surface area contributed by atoms with E-state index in [1.807, 2.05) is 24.3 Å². The van der Waals surface area contributed by atoms with Crippen LogP contribution >= 0.6 is 0 Å². The molecule has 1 aromatic rings. The first-order valence-corrected chi connectivity index (χ1v) is 6.37. The molecule has 0 heterocycles. The molecule has 0 saturated heterocycles. The van der Waals surface area contributed by atoms with Gasteiger partial charge in [0.1, 0.15) is 0 Å². The van der Waals surface area contributed by atoms with E-state index < -0.39 is 0 Å². The van der Waals surface area contributed by atoms with Gasteiger partial charge >= 0.3 is 0 Å². The topological polar surface area (TPSA) is 55.1 Å². The van der Waals surface area contributed by atoms with E-state index in [0.29, 0.717) is 12.5 Å². The van der Waals surface area contributed by atoms with Crippen LogP contribution in [0.5, 0.6) is 0 Å². The van der Waals surface area contributed by atoms with Crippen molar-refractivity contribution in [2.24, 2.45) is 11.7 Å². The molecule has 0 spiro atoms. The van der Waals surface area contributed by atoms with Crippen LogP contribution in [0.1, 0.15) is 35.2 Å². The van der Waals surface area contributed by atoms with Crippen LogP contribution in [0.4, 0.5) is 0 Å². The lowest BCUT2D eigenvalue weighted by molar-refractivity contribution is 0.0938. The third-order valence-electron chi connectivity index (χ3n) is 3.45. The molecule has 0 unspecified atom stereocenters. The normalized spacial score (nSPS) is 15.4. The fraction of sp³-hybridized carbons (Fsp3) is 0.500. The molecule has 0 bridgehead atoms. The van der Waals surface area contributed by atoms with Gasteiger partial charge in [0.15, 0.2) is 0 Å². The third kappa shape index (κ3) is 3.07. The van der Waals surface area contributed by atoms with Crippen LogP contribution < -0.4 is 11.1 Å². The third-order valence-corrected chi connectivity index (χ3v) is 3.45. The van der Waals surface area contributed by atoms with Crippen LogP contribution in [-0.4, -0.2) is 19.0 Å². The molecule has 1 aromatic carbocycles. The van der Waals surface area contributed by atoms with Crippen LogP contribution in [0.2, 0.25) is 0 Å². The number of carbonyl (C=O) groups is 1. The van der Waals surface area contributed by atoms with Gasteiger partial charge in [0.2, 0.25) is 0 Å². The highest BCUT2D eigenvalue weighted by atomic mass is 16.1. The number of rotatable bonds is 5. The van der Waals surface area contributed by atoms with E-state index in [1.165, 1.54) is 19.3 Å². The van der Waals surface area contributed by atoms with Crippen LogP contribution in [0, 0.1) is 5.92 Å². The maximum Gasteiger partial charge on any atom is 0.251 e. The molecule has 17 heavy (non-hydrogen) atoms. The van der Waals surface area contributed by atoms with Crippen molar-refractivity contribution in [3.63, 3.8) is 0 Å². The quantitative estimate of drug-likeness (QED) is 0.812. The lowest BCUT2D eigenvalue weighted by atomic mass is 9.85. The highest BCUT2D eigenvalue weighted by Crippen LogP contribution is 2.25. The van der Waals surface area contributed by atoms with E-state index in [0.717, 1.165) is 24.1 Å². The van der Waals surface area contributed by atoms with Gasteiger partial charge in [0.05, 0.1) is 0 Å². The fourth-order valence-corrected chi connectivity index (χ4v) is 2.14. The van der Waals surface area contributed by atoms with E-state index in [4.69, 9.17) is 5.73 Å². The molecule has 0 atom stereocenters. The summed E-state index contributed by atoms with van der Waals surface area (Å²) in [5, 5.41) is 3.02. The molecule has 3 N–H and O–H groups in total. The van der Waals surface area contributed by atoms with Crippen molar-refractivity contribution in [2.75, 3.05) is 13.1 Å². The zero-order valence-corrected chi connectivity index (χ0v) is 10.1. The number of amides is 1. The summed E-state index contributed by atoms with van der Waals surface area (Å²) < 4.78 is 0. The van der Waals surface area contributed by atoms with E-state index in [1.54, 1.807) is 0 Å². The van der Waals surface area contributed by atoms with E-state index in [-0.39, 0.29) is 5.91 Å². The molecule has 92 valence electrons. The van der Waals surface area contributed by atoms with Crippen molar-refractivity contribution in [1.82, 2.24) is 5.32 Å². The summed E-state index contributed by atoms with van der Waals surface area (Å²) in [6.07, 6.45) is 4.58. The van der Waals surface area contributed by atoms with Crippen molar-refractivity contribution in [3.8, 4) is 0 Å². The summed E-state index contributed by atoms with van der Waals surface area (Å²) in [6.45, 7) is 1.39. The van der Waals surface area contributed by atoms with Crippen molar-refractivity contribution in [3.05, 3.63) is 35.4 Å². The summed E-state index contributed by atoms with van der Waals surface area (Å²) in [4.78, 5) is 12.0. The first kappa shape index (κ1) is 12.1. The number of benzene rings is 1. The minimum atomic E-state index is 0.0425. The second kappa shape index (κ2) is 5.82. The lowest BCUT2D eigenvalue weighted by Gasteiger charge is -2.25. The van der Waals surface area contributed by atoms with Gasteiger partial charge in [0, 0.05) is 12.1 Å². The van der Waals surface area contributed by atoms with E-state index in [2.05, 4.69) is 5.32 Å². The molecule has 3 heteroatoms. The van der Waals surface area contributed by atoms with Gasteiger partial charge in [-0.05, 0) is 43.4 Å². The van der Waals surface area contributed by atoms with Gasteiger partial charge in [-0.3, -0.25) is 4.79 Å². The monoisotopic (exact) mass is 232 g/mol. The average molecular weight is 232 g/mol. The number of nitrogens with two attached hydrogens (primary N) is 1. The molecule has 0 aliphatic heterocycles. The summed E-state index contributed by atoms with van der Waals surface area (Å²) >= 11 is 0. The van der Waals surface area contributed by atoms with Gasteiger partial charge < -0.3 is 11.1 Å². The summed E-state index contributed by atoms with van der Waals surface area (Å²) in [6, 6.07) is 7.71. The van der Waals surface area contributed by atoms with Crippen molar-refractivity contribution in [1.29, 1.82) is 0 Å². The predicted octanol–water partition coefficient (Wildman–Crippen LogP) is 1.72. The molecule has 1 aliphatic carbocycles. The molecular formula is C14H20N2O. The first-order valence-electron chi connectivity index (χ1n) is 6.37. The molecule has 3 nitrogen and oxygen atoms in total. The van der Waals surface area contributed by atoms with Crippen molar-refractivity contribution < 1.29 is 4.79 Å². The van der Waals surface area contributed by atoms with Gasteiger partial charge in [-0.25, -0.2) is 0 Å². The molecule has 2 rings (SSSR count). The van der Waals surface area contributed by atoms with Crippen LogP contribution in [-0.2, 0) is 6.42 Å². The molecule has 0 aromatic heterocycles. The Morgan fingerprint density at radius 3 is 2.76 bits per heavy atom. The number of hydrogen-bond donors (Lipinski definition) is 2. The molecule has 1 saturated carbocycles. The van der Waals surface area contributed by atoms with Crippen LogP contribution in [0.25, 0.3) is 0 Å². The first-order chi connectivity index (χ1) is 8.31. The summed E-state index contributed by atoms with van der Waals surface area (Å²) in [7, 11) is 0. The Kier molecular flexibility index (Phi) is 4.15. The van der Waals surface area contributed by atoms with E-state index in [9.17, 15) is 4.79 Å². The Bertz CT molecular complexity index is 386. The molecule has 1 amide bonds. The molecule has 1 aliphatic rings. The standard InChI is InChI=1S/C14H20N2O/c15-9-8-12-6-1-2-7-13(12)14(17)16-10-11-4-3-5-11/h1-2,6-7,11H,3-5,8-10,15H2,(H,16,17). The van der Waals surface area contributed by atoms with Crippen LogP contribution in [0.3, 0.4) is 0 Å². The Morgan fingerprint density at radius 2 is 2.12 bits per heavy atom. The zero-order valence-electron chi connectivity index (χ0n) is 10.1. The van der Waals surface area contributed by atoms with Crippen LogP contribution in [0.15, 0.2) is 24.3 Å². The van der Waals surface area contributed by atoms with Gasteiger partial charge in [0.25, 0.3) is 5.91 Å². The highest BCUT2D eigenvalue weighted by Gasteiger charge is 2.18. The number of nitrogens with one attached hydrogen (secondary N) is 1. The number of hydrogen-bond acceptors (Lipinski definition) is 2. The Morgan fingerprint density at radius 1 is 1.35 bits per heavy atom. The van der Waals surface area contributed by atoms with Gasteiger partial charge in [-0.2, -0.15) is 0 Å². The maximum absolute atomic E-state index is 12.0. The smallest absolute Gasteiger partial charge is 0.251 e. The minimum Gasteiger partial charge on any atom is -0.352 e. The van der Waals surface area contributed by atoms with Gasteiger partial charge in [-0.15, -0.1) is 0 Å². The second-order valence-electron chi connectivity index (χ2n) is 4.70. The predicted molar refractivity (Wildman–Crippen MR) is 68.9 cm³/mol. The maximum atomic E-state index is 12.0. The average Bonchev–Trinajstić information content (AvgIpc) is 2.28. The van der Waals surface area contributed by atoms with Gasteiger partial charge in [-0.1, -0.05) is 24.6 Å². The van der Waals surface area contributed by atoms with Crippen molar-refractivity contribution in [2.45, 2.75) is 25.7 Å². The zero-order chi connectivity index (χ0) is 12.1. The number of carbonyl (C=O) groups excluding carboxylic acids is 1. The second-order valence-corrected chi connectivity index (χ2v) is 4.70. The van der Waals surface area contributed by atoms with Crippen molar-refractivity contribution >= 4 is 5.91 Å².